The fourth-order valence-corrected chi connectivity index (χ4v) is 4.93. The fraction of sp³-hybridized carbons (Fsp3) is 0.0882. The largest absolute Gasteiger partial charge is 0.493 e. The second-order valence-electron chi connectivity index (χ2n) is 9.65. The molecule has 202 valence electrons. The maximum atomic E-state index is 13.1. The molecule has 0 unspecified atom stereocenters. The second-order valence-corrected chi connectivity index (χ2v) is 9.65. The van der Waals surface area contributed by atoms with Crippen molar-refractivity contribution in [2.75, 3.05) is 12.0 Å². The van der Waals surface area contributed by atoms with E-state index >= 15 is 0 Å². The number of ether oxygens (including phenoxy) is 2. The van der Waals surface area contributed by atoms with Gasteiger partial charge < -0.3 is 14.4 Å². The molecule has 1 heterocycles. The van der Waals surface area contributed by atoms with Crippen LogP contribution in [0, 0.1) is 0 Å². The number of hydrogen-bond acceptors (Lipinski definition) is 5. The quantitative estimate of drug-likeness (QED) is 0.174. The molecule has 1 aliphatic heterocycles. The molecule has 0 spiro atoms. The lowest BCUT2D eigenvalue weighted by Crippen LogP contribution is -2.26. The van der Waals surface area contributed by atoms with Crippen molar-refractivity contribution >= 4 is 34.5 Å². The first-order chi connectivity index (χ1) is 20.1. The molecule has 41 heavy (non-hydrogen) atoms. The fourth-order valence-electron chi connectivity index (χ4n) is 4.93. The molecule has 0 bridgehead atoms. The summed E-state index contributed by atoms with van der Waals surface area (Å²) in [6.45, 7) is 0.844. The molecular formula is C34H27N3O4. The number of carbonyl (C=O) groups is 2. The second kappa shape index (κ2) is 11.4. The molecule has 0 saturated carbocycles. The van der Waals surface area contributed by atoms with Crippen molar-refractivity contribution in [2.45, 2.75) is 13.2 Å². The molecule has 0 radical (unpaired) electrons. The zero-order valence-electron chi connectivity index (χ0n) is 22.4. The molecular weight excluding hydrogens is 514 g/mol. The third-order valence-electron chi connectivity index (χ3n) is 7.01. The summed E-state index contributed by atoms with van der Waals surface area (Å²) < 4.78 is 11.4. The number of anilines is 1. The SMILES string of the molecule is COc1cc(C=NNC(=O)c2ccc(CN3C(=O)c4cccc5cccc3c45)cc2)ccc1OCc1ccccc1. The van der Waals surface area contributed by atoms with Crippen molar-refractivity contribution in [1.82, 2.24) is 5.43 Å². The van der Waals surface area contributed by atoms with E-state index in [2.05, 4.69) is 10.5 Å². The van der Waals surface area contributed by atoms with Gasteiger partial charge in [-0.1, -0.05) is 66.7 Å². The van der Waals surface area contributed by atoms with Gasteiger partial charge in [-0.15, -0.1) is 0 Å². The summed E-state index contributed by atoms with van der Waals surface area (Å²) in [7, 11) is 1.58. The van der Waals surface area contributed by atoms with Crippen molar-refractivity contribution in [2.24, 2.45) is 5.10 Å². The smallest absolute Gasteiger partial charge is 0.271 e. The Kier molecular flexibility index (Phi) is 7.15. The molecule has 0 atom stereocenters. The number of hydrogen-bond donors (Lipinski definition) is 1. The van der Waals surface area contributed by atoms with Crippen LogP contribution in [0.5, 0.6) is 11.5 Å². The van der Waals surface area contributed by atoms with Gasteiger partial charge in [0.2, 0.25) is 0 Å². The minimum atomic E-state index is -0.336. The summed E-state index contributed by atoms with van der Waals surface area (Å²) >= 11 is 0. The van der Waals surface area contributed by atoms with Crippen molar-refractivity contribution in [3.63, 3.8) is 0 Å². The van der Waals surface area contributed by atoms with Crippen LogP contribution in [0.2, 0.25) is 0 Å². The lowest BCUT2D eigenvalue weighted by atomic mass is 10.1. The van der Waals surface area contributed by atoms with Crippen LogP contribution in [0.1, 0.15) is 37.4 Å². The Hall–Kier alpha value is -5.43. The van der Waals surface area contributed by atoms with Crippen molar-refractivity contribution in [1.29, 1.82) is 0 Å². The first kappa shape index (κ1) is 25.8. The highest BCUT2D eigenvalue weighted by molar-refractivity contribution is 6.24. The lowest BCUT2D eigenvalue weighted by molar-refractivity contribution is 0.0953. The molecule has 7 nitrogen and oxygen atoms in total. The number of amides is 2. The van der Waals surface area contributed by atoms with Crippen molar-refractivity contribution in [3.05, 3.63) is 137 Å². The monoisotopic (exact) mass is 541 g/mol. The van der Waals surface area contributed by atoms with Gasteiger partial charge in [0.25, 0.3) is 11.8 Å². The molecule has 0 aromatic heterocycles. The van der Waals surface area contributed by atoms with Crippen LogP contribution in [0.4, 0.5) is 5.69 Å². The predicted molar refractivity (Wildman–Crippen MR) is 160 cm³/mol. The van der Waals surface area contributed by atoms with Gasteiger partial charge in [-0.25, -0.2) is 5.43 Å². The lowest BCUT2D eigenvalue weighted by Gasteiger charge is -2.18. The van der Waals surface area contributed by atoms with Gasteiger partial charge >= 0.3 is 0 Å². The summed E-state index contributed by atoms with van der Waals surface area (Å²) in [5.74, 6) is 0.841. The number of carbonyl (C=O) groups excluding carboxylic acids is 2. The standard InChI is InChI=1S/C34H27N3O4/c1-40-31-19-25(15-18-30(31)41-22-24-7-3-2-4-8-24)20-35-36-33(38)27-16-13-23(14-17-27)21-37-29-12-6-10-26-9-5-11-28(32(26)29)34(37)39/h2-20H,21-22H2,1H3,(H,36,38). The van der Waals surface area contributed by atoms with Crippen LogP contribution in [-0.2, 0) is 13.2 Å². The predicted octanol–water partition coefficient (Wildman–Crippen LogP) is 6.35. The normalized spacial score (nSPS) is 12.2. The number of methoxy groups -OCH3 is 1. The van der Waals surface area contributed by atoms with E-state index in [0.717, 1.165) is 38.7 Å². The van der Waals surface area contributed by atoms with Crippen LogP contribution in [-0.4, -0.2) is 25.1 Å². The van der Waals surface area contributed by atoms with E-state index in [-0.39, 0.29) is 11.8 Å². The van der Waals surface area contributed by atoms with Gasteiger partial charge in [0, 0.05) is 16.5 Å². The van der Waals surface area contributed by atoms with Crippen LogP contribution >= 0.6 is 0 Å². The average molecular weight is 542 g/mol. The maximum absolute atomic E-state index is 13.1. The zero-order chi connectivity index (χ0) is 28.2. The molecule has 6 rings (SSSR count). The van der Waals surface area contributed by atoms with Gasteiger partial charge in [-0.2, -0.15) is 5.10 Å². The van der Waals surface area contributed by atoms with Crippen LogP contribution in [0.25, 0.3) is 10.8 Å². The van der Waals surface area contributed by atoms with Crippen LogP contribution in [0.15, 0.2) is 114 Å². The molecule has 1 N–H and O–H groups in total. The van der Waals surface area contributed by atoms with Gasteiger partial charge in [-0.3, -0.25) is 9.59 Å². The maximum Gasteiger partial charge on any atom is 0.271 e. The molecule has 5 aromatic carbocycles. The first-order valence-corrected chi connectivity index (χ1v) is 13.2. The summed E-state index contributed by atoms with van der Waals surface area (Å²) in [6, 6.07) is 34.3. The van der Waals surface area contributed by atoms with E-state index < -0.39 is 0 Å². The highest BCUT2D eigenvalue weighted by Crippen LogP contribution is 2.38. The summed E-state index contributed by atoms with van der Waals surface area (Å²) in [6.07, 6.45) is 1.55. The molecule has 2 amide bonds. The van der Waals surface area contributed by atoms with Crippen LogP contribution < -0.4 is 19.8 Å². The minimum Gasteiger partial charge on any atom is -0.493 e. The third-order valence-corrected chi connectivity index (χ3v) is 7.01. The number of hydrazone groups is 1. The first-order valence-electron chi connectivity index (χ1n) is 13.2. The molecule has 0 saturated heterocycles. The third kappa shape index (κ3) is 5.38. The minimum absolute atomic E-state index is 0.0135. The highest BCUT2D eigenvalue weighted by atomic mass is 16.5. The van der Waals surface area contributed by atoms with E-state index in [9.17, 15) is 9.59 Å². The number of nitrogens with zero attached hydrogens (tertiary/aromatic N) is 2. The van der Waals surface area contributed by atoms with E-state index in [0.29, 0.717) is 30.2 Å². The summed E-state index contributed by atoms with van der Waals surface area (Å²) in [5.41, 5.74) is 7.39. The van der Waals surface area contributed by atoms with Gasteiger partial charge in [0.05, 0.1) is 25.6 Å². The Morgan fingerprint density at radius 2 is 1.63 bits per heavy atom. The molecule has 1 aliphatic rings. The van der Waals surface area contributed by atoms with Crippen molar-refractivity contribution in [3.8, 4) is 11.5 Å². The van der Waals surface area contributed by atoms with Crippen LogP contribution in [0.3, 0.4) is 0 Å². The van der Waals surface area contributed by atoms with Gasteiger partial charge in [0.1, 0.15) is 6.61 Å². The molecule has 7 heteroatoms. The number of nitrogens with one attached hydrogen (secondary N) is 1. The van der Waals surface area contributed by atoms with E-state index in [1.54, 1.807) is 36.4 Å². The Morgan fingerprint density at radius 1 is 0.854 bits per heavy atom. The zero-order valence-corrected chi connectivity index (χ0v) is 22.4. The Labute approximate surface area is 237 Å². The Balaban J connectivity index is 1.07. The molecule has 0 aliphatic carbocycles. The van der Waals surface area contributed by atoms with Crippen molar-refractivity contribution < 1.29 is 19.1 Å². The Morgan fingerprint density at radius 3 is 2.41 bits per heavy atom. The Bertz CT molecular complexity index is 1760. The van der Waals surface area contributed by atoms with E-state index in [1.165, 1.54) is 0 Å². The average Bonchev–Trinajstić information content (AvgIpc) is 3.29. The number of rotatable bonds is 9. The molecule has 5 aromatic rings. The van der Waals surface area contributed by atoms with Gasteiger partial charge in [0.15, 0.2) is 11.5 Å². The molecule has 0 fully saturated rings. The van der Waals surface area contributed by atoms with Gasteiger partial charge in [-0.05, 0) is 64.5 Å². The topological polar surface area (TPSA) is 80.2 Å². The van der Waals surface area contributed by atoms with E-state index in [4.69, 9.17) is 9.47 Å². The highest BCUT2D eigenvalue weighted by Gasteiger charge is 2.29. The van der Waals surface area contributed by atoms with E-state index in [1.807, 2.05) is 91.0 Å². The number of benzene rings is 5. The summed E-state index contributed by atoms with van der Waals surface area (Å²) in [5, 5.41) is 6.14. The summed E-state index contributed by atoms with van der Waals surface area (Å²) in [4.78, 5) is 27.5.